The maximum Gasteiger partial charge on any atom is 0.339 e. The average molecular weight is 300 g/mol. The van der Waals surface area contributed by atoms with Gasteiger partial charge in [-0.3, -0.25) is 4.79 Å². The third kappa shape index (κ3) is 1.83. The minimum atomic E-state index is -0.543. The van der Waals surface area contributed by atoms with Crippen LogP contribution in [0.2, 0.25) is 0 Å². The molecule has 1 aromatic carbocycles. The smallest absolute Gasteiger partial charge is 0.339 e. The molecule has 3 heterocycles. The topological polar surface area (TPSA) is 68.2 Å². The summed E-state index contributed by atoms with van der Waals surface area (Å²) in [5, 5.41) is 0. The summed E-state index contributed by atoms with van der Waals surface area (Å²) in [4.78, 5) is 29.4. The lowest BCUT2D eigenvalue weighted by Gasteiger charge is -2.38. The average Bonchev–Trinajstić information content (AvgIpc) is 3.00. The van der Waals surface area contributed by atoms with Gasteiger partial charge in [0.15, 0.2) is 6.10 Å². The largest absolute Gasteiger partial charge is 0.452 e. The van der Waals surface area contributed by atoms with E-state index in [0.717, 1.165) is 5.56 Å². The number of carbonyl (C=O) groups is 2. The summed E-state index contributed by atoms with van der Waals surface area (Å²) in [7, 11) is 0. The molecule has 1 aromatic rings. The Morgan fingerprint density at radius 3 is 2.64 bits per heavy atom. The fourth-order valence-electron chi connectivity index (χ4n) is 3.34. The lowest BCUT2D eigenvalue weighted by Crippen LogP contribution is -2.45. The molecule has 4 rings (SSSR count). The minimum absolute atomic E-state index is 0.243. The van der Waals surface area contributed by atoms with Crippen LogP contribution in [0.1, 0.15) is 35.7 Å². The Balaban J connectivity index is 1.55. The fraction of sp³-hybridized carbons (Fsp3) is 0.438. The standard InChI is InChI=1S/C16H16N2O4/c1-10-13(19)17-15(21-10)18-8-6-16(7-9-18)12-5-3-2-4-11(12)14(20)22-16/h2-5,10H,6-9H2,1H3. The lowest BCUT2D eigenvalue weighted by molar-refractivity contribution is -0.122. The third-order valence-corrected chi connectivity index (χ3v) is 4.60. The van der Waals surface area contributed by atoms with E-state index >= 15 is 0 Å². The summed E-state index contributed by atoms with van der Waals surface area (Å²) in [5.41, 5.74) is 1.09. The number of piperidine rings is 1. The highest BCUT2D eigenvalue weighted by Gasteiger charge is 2.48. The van der Waals surface area contributed by atoms with E-state index in [1.54, 1.807) is 6.92 Å². The molecule has 1 amide bonds. The number of rotatable bonds is 0. The summed E-state index contributed by atoms with van der Waals surface area (Å²) in [5.74, 6) is -0.491. The van der Waals surface area contributed by atoms with Crippen molar-refractivity contribution in [2.75, 3.05) is 13.1 Å². The van der Waals surface area contributed by atoms with Crippen LogP contribution >= 0.6 is 0 Å². The van der Waals surface area contributed by atoms with Crippen molar-refractivity contribution in [2.45, 2.75) is 31.5 Å². The van der Waals surface area contributed by atoms with Gasteiger partial charge in [0.25, 0.3) is 11.9 Å². The van der Waals surface area contributed by atoms with E-state index in [1.165, 1.54) is 0 Å². The molecule has 3 aliphatic rings. The number of nitrogens with zero attached hydrogens (tertiary/aromatic N) is 2. The Labute approximate surface area is 127 Å². The molecule has 0 bridgehead atoms. The number of hydrogen-bond acceptors (Lipinski definition) is 5. The van der Waals surface area contributed by atoms with Crippen molar-refractivity contribution in [3.63, 3.8) is 0 Å². The van der Waals surface area contributed by atoms with Gasteiger partial charge in [-0.25, -0.2) is 4.79 Å². The number of aliphatic imine (C=N–C) groups is 1. The zero-order chi connectivity index (χ0) is 15.3. The fourth-order valence-corrected chi connectivity index (χ4v) is 3.34. The van der Waals surface area contributed by atoms with Crippen LogP contribution in [0.3, 0.4) is 0 Å². The van der Waals surface area contributed by atoms with E-state index in [4.69, 9.17) is 9.47 Å². The van der Waals surface area contributed by atoms with Crippen LogP contribution in [0.15, 0.2) is 29.3 Å². The van der Waals surface area contributed by atoms with E-state index in [-0.39, 0.29) is 11.9 Å². The van der Waals surface area contributed by atoms with Gasteiger partial charge in [-0.05, 0) is 13.0 Å². The Morgan fingerprint density at radius 2 is 1.95 bits per heavy atom. The lowest BCUT2D eigenvalue weighted by atomic mass is 9.84. The van der Waals surface area contributed by atoms with Crippen LogP contribution in [0.25, 0.3) is 0 Å². The molecule has 22 heavy (non-hydrogen) atoms. The molecule has 1 saturated heterocycles. The molecule has 114 valence electrons. The van der Waals surface area contributed by atoms with Gasteiger partial charge in [-0.15, -0.1) is 0 Å². The summed E-state index contributed by atoms with van der Waals surface area (Å²) in [6, 6.07) is 7.95. The van der Waals surface area contributed by atoms with Gasteiger partial charge in [0, 0.05) is 31.5 Å². The number of benzene rings is 1. The molecule has 0 saturated carbocycles. The summed E-state index contributed by atoms with van der Waals surface area (Å²) in [6.07, 6.45) is 0.831. The van der Waals surface area contributed by atoms with Crippen LogP contribution < -0.4 is 0 Å². The number of amidine groups is 1. The van der Waals surface area contributed by atoms with Gasteiger partial charge in [-0.2, -0.15) is 4.99 Å². The molecule has 1 fully saturated rings. The first-order valence-electron chi connectivity index (χ1n) is 7.46. The molecule has 6 nitrogen and oxygen atoms in total. The molecular weight excluding hydrogens is 284 g/mol. The highest BCUT2D eigenvalue weighted by Crippen LogP contribution is 2.44. The van der Waals surface area contributed by atoms with E-state index in [2.05, 4.69) is 4.99 Å². The molecule has 1 unspecified atom stereocenters. The summed E-state index contributed by atoms with van der Waals surface area (Å²) >= 11 is 0. The van der Waals surface area contributed by atoms with Crippen molar-refractivity contribution < 1.29 is 19.1 Å². The molecular formula is C16H16N2O4. The normalized spacial score (nSPS) is 25.8. The predicted octanol–water partition coefficient (Wildman–Crippen LogP) is 1.45. The maximum atomic E-state index is 12.0. The van der Waals surface area contributed by atoms with Crippen LogP contribution in [-0.2, 0) is 19.9 Å². The number of likely N-dealkylation sites (tertiary alicyclic amines) is 1. The second-order valence-electron chi connectivity index (χ2n) is 5.91. The first-order chi connectivity index (χ1) is 10.6. The minimum Gasteiger partial charge on any atom is -0.452 e. The monoisotopic (exact) mass is 300 g/mol. The van der Waals surface area contributed by atoms with Crippen molar-refractivity contribution in [2.24, 2.45) is 4.99 Å². The SMILES string of the molecule is CC1OC(N2CCC3(CC2)OC(=O)c2ccccc23)=NC1=O. The Kier molecular flexibility index (Phi) is 2.76. The Bertz CT molecular complexity index is 689. The van der Waals surface area contributed by atoms with Crippen LogP contribution in [-0.4, -0.2) is 42.0 Å². The van der Waals surface area contributed by atoms with Crippen molar-refractivity contribution in [3.05, 3.63) is 35.4 Å². The highest BCUT2D eigenvalue weighted by atomic mass is 16.6. The number of ether oxygens (including phenoxy) is 2. The highest BCUT2D eigenvalue weighted by molar-refractivity contribution is 5.98. The van der Waals surface area contributed by atoms with Crippen molar-refractivity contribution in [1.82, 2.24) is 4.90 Å². The molecule has 0 N–H and O–H groups in total. The van der Waals surface area contributed by atoms with Gasteiger partial charge in [0.05, 0.1) is 5.56 Å². The molecule has 0 aromatic heterocycles. The zero-order valence-electron chi connectivity index (χ0n) is 12.2. The second kappa shape index (κ2) is 4.56. The number of carbonyl (C=O) groups excluding carboxylic acids is 2. The zero-order valence-corrected chi connectivity index (χ0v) is 12.2. The second-order valence-corrected chi connectivity index (χ2v) is 5.91. The predicted molar refractivity (Wildman–Crippen MR) is 77.3 cm³/mol. The molecule has 3 aliphatic heterocycles. The summed E-state index contributed by atoms with van der Waals surface area (Å²) in [6.45, 7) is 2.97. The molecule has 1 atom stereocenters. The molecule has 0 aliphatic carbocycles. The van der Waals surface area contributed by atoms with Gasteiger partial charge in [-0.1, -0.05) is 18.2 Å². The van der Waals surface area contributed by atoms with Gasteiger partial charge in [0.2, 0.25) is 0 Å². The van der Waals surface area contributed by atoms with Crippen molar-refractivity contribution in [1.29, 1.82) is 0 Å². The number of hydrogen-bond donors (Lipinski definition) is 0. The van der Waals surface area contributed by atoms with E-state index in [9.17, 15) is 9.59 Å². The Morgan fingerprint density at radius 1 is 1.23 bits per heavy atom. The van der Waals surface area contributed by atoms with Gasteiger partial charge < -0.3 is 14.4 Å². The number of amides is 1. The van der Waals surface area contributed by atoms with Crippen LogP contribution in [0.4, 0.5) is 0 Å². The van der Waals surface area contributed by atoms with E-state index < -0.39 is 11.7 Å². The summed E-state index contributed by atoms with van der Waals surface area (Å²) < 4.78 is 11.2. The van der Waals surface area contributed by atoms with Gasteiger partial charge >= 0.3 is 5.97 Å². The first-order valence-corrected chi connectivity index (χ1v) is 7.46. The van der Waals surface area contributed by atoms with E-state index in [1.807, 2.05) is 29.2 Å². The van der Waals surface area contributed by atoms with Crippen LogP contribution in [0, 0.1) is 0 Å². The maximum absolute atomic E-state index is 12.0. The quantitative estimate of drug-likeness (QED) is 0.678. The molecule has 1 spiro atoms. The van der Waals surface area contributed by atoms with Crippen molar-refractivity contribution in [3.8, 4) is 0 Å². The Hall–Kier alpha value is -2.37. The first kappa shape index (κ1) is 13.3. The third-order valence-electron chi connectivity index (χ3n) is 4.60. The molecule has 0 radical (unpaired) electrons. The molecule has 6 heteroatoms. The number of esters is 1. The van der Waals surface area contributed by atoms with Gasteiger partial charge in [0.1, 0.15) is 5.60 Å². The van der Waals surface area contributed by atoms with E-state index in [0.29, 0.717) is 37.5 Å². The van der Waals surface area contributed by atoms with Crippen molar-refractivity contribution >= 4 is 17.9 Å². The van der Waals surface area contributed by atoms with Crippen LogP contribution in [0.5, 0.6) is 0 Å². The number of fused-ring (bicyclic) bond motifs is 2.